The van der Waals surface area contributed by atoms with Crippen molar-refractivity contribution in [3.05, 3.63) is 29.6 Å². The minimum absolute atomic E-state index is 0.0165. The van der Waals surface area contributed by atoms with Crippen LogP contribution in [0.1, 0.15) is 12.0 Å². The maximum atomic E-state index is 13.4. The first kappa shape index (κ1) is 11.9. The molecule has 0 saturated carbocycles. The van der Waals surface area contributed by atoms with Crippen molar-refractivity contribution in [2.24, 2.45) is 0 Å². The molecule has 1 aliphatic heterocycles. The summed E-state index contributed by atoms with van der Waals surface area (Å²) in [4.78, 5) is 11.6. The molecule has 2 N–H and O–H groups in total. The quantitative estimate of drug-likeness (QED) is 0.828. The maximum Gasteiger partial charge on any atom is 0.319 e. The predicted octanol–water partition coefficient (Wildman–Crippen LogP) is 2.04. The second-order valence-electron chi connectivity index (χ2n) is 4.14. The fourth-order valence-electron chi connectivity index (χ4n) is 1.73. The molecule has 1 aromatic rings. The van der Waals surface area contributed by atoms with Crippen LogP contribution in [0.2, 0.25) is 0 Å². The van der Waals surface area contributed by atoms with Crippen LogP contribution < -0.4 is 10.6 Å². The predicted molar refractivity (Wildman–Crippen MR) is 62.5 cm³/mol. The second kappa shape index (κ2) is 5.14. The van der Waals surface area contributed by atoms with Crippen molar-refractivity contribution in [3.63, 3.8) is 0 Å². The molecule has 4 nitrogen and oxygen atoms in total. The van der Waals surface area contributed by atoms with E-state index in [0.717, 1.165) is 12.0 Å². The molecule has 1 saturated heterocycles. The Hall–Kier alpha value is -1.62. The van der Waals surface area contributed by atoms with E-state index >= 15 is 0 Å². The zero-order valence-electron chi connectivity index (χ0n) is 9.63. The Morgan fingerprint density at radius 3 is 3.06 bits per heavy atom. The Labute approximate surface area is 99.2 Å². The summed E-state index contributed by atoms with van der Waals surface area (Å²) in [6, 6.07) is 4.21. The maximum absolute atomic E-state index is 13.4. The van der Waals surface area contributed by atoms with Crippen molar-refractivity contribution in [2.75, 3.05) is 18.5 Å². The van der Waals surface area contributed by atoms with Gasteiger partial charge in [-0.25, -0.2) is 9.18 Å². The monoisotopic (exact) mass is 238 g/mol. The number of aryl methyl sites for hydroxylation is 1. The number of halogens is 1. The van der Waals surface area contributed by atoms with Crippen LogP contribution in [-0.4, -0.2) is 25.3 Å². The zero-order valence-corrected chi connectivity index (χ0v) is 9.63. The molecule has 0 aliphatic carbocycles. The van der Waals surface area contributed by atoms with E-state index in [1.807, 2.05) is 6.92 Å². The highest BCUT2D eigenvalue weighted by molar-refractivity contribution is 5.89. The molecule has 1 aliphatic rings. The van der Waals surface area contributed by atoms with E-state index in [1.54, 1.807) is 12.1 Å². The smallest absolute Gasteiger partial charge is 0.319 e. The summed E-state index contributed by atoms with van der Waals surface area (Å²) in [7, 11) is 0. The Morgan fingerprint density at radius 2 is 2.35 bits per heavy atom. The van der Waals surface area contributed by atoms with Crippen LogP contribution in [0.5, 0.6) is 0 Å². The van der Waals surface area contributed by atoms with Crippen LogP contribution in [0.15, 0.2) is 18.2 Å². The third kappa shape index (κ3) is 3.17. The fourth-order valence-corrected chi connectivity index (χ4v) is 1.73. The fraction of sp³-hybridized carbons (Fsp3) is 0.417. The van der Waals surface area contributed by atoms with Gasteiger partial charge in [-0.15, -0.1) is 0 Å². The first-order valence-electron chi connectivity index (χ1n) is 5.56. The molecule has 1 unspecified atom stereocenters. The molecule has 2 rings (SSSR count). The third-order valence-corrected chi connectivity index (χ3v) is 2.63. The van der Waals surface area contributed by atoms with Crippen molar-refractivity contribution in [1.82, 2.24) is 5.32 Å². The lowest BCUT2D eigenvalue weighted by Crippen LogP contribution is -2.38. The lowest BCUT2D eigenvalue weighted by atomic mass is 10.2. The standard InChI is InChI=1S/C12H15FN2O2/c1-8-2-3-10(13)11(6-8)15-12(16)14-9-4-5-17-7-9/h2-3,6,9H,4-5,7H2,1H3,(H2,14,15,16). The number of rotatable bonds is 2. The molecule has 1 fully saturated rings. The number of urea groups is 1. The van der Waals surface area contributed by atoms with Crippen molar-refractivity contribution < 1.29 is 13.9 Å². The van der Waals surface area contributed by atoms with E-state index in [1.165, 1.54) is 6.07 Å². The highest BCUT2D eigenvalue weighted by Crippen LogP contribution is 2.15. The van der Waals surface area contributed by atoms with E-state index in [0.29, 0.717) is 13.2 Å². The number of carbonyl (C=O) groups is 1. The molecular formula is C12H15FN2O2. The number of ether oxygens (including phenoxy) is 1. The van der Waals surface area contributed by atoms with Gasteiger partial charge < -0.3 is 15.4 Å². The van der Waals surface area contributed by atoms with Crippen molar-refractivity contribution >= 4 is 11.7 Å². The minimum atomic E-state index is -0.437. The lowest BCUT2D eigenvalue weighted by molar-refractivity contribution is 0.189. The summed E-state index contributed by atoms with van der Waals surface area (Å²) < 4.78 is 18.5. The van der Waals surface area contributed by atoms with Gasteiger partial charge in [0.15, 0.2) is 0 Å². The molecule has 1 aromatic carbocycles. The molecule has 0 spiro atoms. The number of hydrogen-bond donors (Lipinski definition) is 2. The van der Waals surface area contributed by atoms with Gasteiger partial charge in [0.05, 0.1) is 18.3 Å². The van der Waals surface area contributed by atoms with Crippen molar-refractivity contribution in [2.45, 2.75) is 19.4 Å². The molecule has 17 heavy (non-hydrogen) atoms. The Balaban J connectivity index is 1.95. The SMILES string of the molecule is Cc1ccc(F)c(NC(=O)NC2CCOC2)c1. The summed E-state index contributed by atoms with van der Waals surface area (Å²) >= 11 is 0. The van der Waals surface area contributed by atoms with Gasteiger partial charge in [0.2, 0.25) is 0 Å². The number of hydrogen-bond acceptors (Lipinski definition) is 2. The van der Waals surface area contributed by atoms with Gasteiger partial charge in [0.25, 0.3) is 0 Å². The van der Waals surface area contributed by atoms with Crippen LogP contribution in [0.25, 0.3) is 0 Å². The van der Waals surface area contributed by atoms with E-state index in [9.17, 15) is 9.18 Å². The van der Waals surface area contributed by atoms with Crippen LogP contribution in [-0.2, 0) is 4.74 Å². The highest BCUT2D eigenvalue weighted by Gasteiger charge is 2.18. The first-order chi connectivity index (χ1) is 8.15. The molecule has 0 aromatic heterocycles. The Kier molecular flexibility index (Phi) is 3.58. The number of anilines is 1. The minimum Gasteiger partial charge on any atom is -0.379 e. The number of nitrogens with one attached hydrogen (secondary N) is 2. The Bertz CT molecular complexity index is 417. The summed E-state index contributed by atoms with van der Waals surface area (Å²) in [5.41, 5.74) is 1.09. The van der Waals surface area contributed by atoms with E-state index in [-0.39, 0.29) is 11.7 Å². The average molecular weight is 238 g/mol. The molecule has 2 amide bonds. The van der Waals surface area contributed by atoms with Crippen molar-refractivity contribution in [1.29, 1.82) is 0 Å². The molecule has 5 heteroatoms. The van der Waals surface area contributed by atoms with E-state index in [4.69, 9.17) is 4.74 Å². The molecule has 1 atom stereocenters. The molecule has 0 radical (unpaired) electrons. The van der Waals surface area contributed by atoms with Crippen LogP contribution in [0, 0.1) is 12.7 Å². The van der Waals surface area contributed by atoms with Gasteiger partial charge in [-0.3, -0.25) is 0 Å². The topological polar surface area (TPSA) is 50.4 Å². The molecule has 92 valence electrons. The molecular weight excluding hydrogens is 223 g/mol. The highest BCUT2D eigenvalue weighted by atomic mass is 19.1. The van der Waals surface area contributed by atoms with Gasteiger partial charge in [0.1, 0.15) is 5.82 Å². The summed E-state index contributed by atoms with van der Waals surface area (Å²) in [5.74, 6) is -0.437. The van der Waals surface area contributed by atoms with Crippen molar-refractivity contribution in [3.8, 4) is 0 Å². The number of benzene rings is 1. The normalized spacial score (nSPS) is 19.1. The van der Waals surface area contributed by atoms with Crippen LogP contribution in [0.3, 0.4) is 0 Å². The van der Waals surface area contributed by atoms with Gasteiger partial charge >= 0.3 is 6.03 Å². The van der Waals surface area contributed by atoms with Gasteiger partial charge in [-0.1, -0.05) is 6.07 Å². The van der Waals surface area contributed by atoms with E-state index in [2.05, 4.69) is 10.6 Å². The number of carbonyl (C=O) groups excluding carboxylic acids is 1. The lowest BCUT2D eigenvalue weighted by Gasteiger charge is -2.12. The van der Waals surface area contributed by atoms with Crippen LogP contribution in [0.4, 0.5) is 14.9 Å². The zero-order chi connectivity index (χ0) is 12.3. The summed E-state index contributed by atoms with van der Waals surface area (Å²) in [5, 5.41) is 5.23. The van der Waals surface area contributed by atoms with Gasteiger partial charge in [-0.05, 0) is 31.0 Å². The largest absolute Gasteiger partial charge is 0.379 e. The average Bonchev–Trinajstić information content (AvgIpc) is 2.76. The third-order valence-electron chi connectivity index (χ3n) is 2.63. The second-order valence-corrected chi connectivity index (χ2v) is 4.14. The molecule has 1 heterocycles. The first-order valence-corrected chi connectivity index (χ1v) is 5.56. The van der Waals surface area contributed by atoms with E-state index < -0.39 is 11.8 Å². The van der Waals surface area contributed by atoms with Gasteiger partial charge in [-0.2, -0.15) is 0 Å². The number of amides is 2. The molecule has 0 bridgehead atoms. The summed E-state index contributed by atoms with van der Waals surface area (Å²) in [6.45, 7) is 3.01. The summed E-state index contributed by atoms with van der Waals surface area (Å²) in [6.07, 6.45) is 0.795. The Morgan fingerprint density at radius 1 is 1.53 bits per heavy atom. The van der Waals surface area contributed by atoms with Crippen LogP contribution >= 0.6 is 0 Å². The van der Waals surface area contributed by atoms with Gasteiger partial charge in [0, 0.05) is 6.61 Å².